The van der Waals surface area contributed by atoms with E-state index in [0.717, 1.165) is 5.56 Å². The summed E-state index contributed by atoms with van der Waals surface area (Å²) >= 11 is 0. The summed E-state index contributed by atoms with van der Waals surface area (Å²) in [5.74, 6) is 0.0536. The summed E-state index contributed by atoms with van der Waals surface area (Å²) in [6.07, 6.45) is 1.46. The Labute approximate surface area is 128 Å². The number of ether oxygens (including phenoxy) is 2. The van der Waals surface area contributed by atoms with Crippen LogP contribution in [0.4, 0.5) is 4.39 Å². The monoisotopic (exact) mass is 307 g/mol. The molecule has 0 radical (unpaired) electrons. The lowest BCUT2D eigenvalue weighted by Crippen LogP contribution is -2.24. The number of esters is 1. The van der Waals surface area contributed by atoms with Crippen LogP contribution in [0.5, 0.6) is 5.75 Å². The van der Waals surface area contributed by atoms with Gasteiger partial charge in [0.2, 0.25) is 5.76 Å². The Balaban J connectivity index is 1.81. The Kier molecular flexibility index (Phi) is 5.55. The van der Waals surface area contributed by atoms with Gasteiger partial charge in [0.1, 0.15) is 18.2 Å². The molecule has 6 heteroatoms. The third kappa shape index (κ3) is 4.33. The Morgan fingerprint density at radius 2 is 2.00 bits per heavy atom. The molecule has 0 atom stereocenters. The van der Waals surface area contributed by atoms with Crippen LogP contribution in [0.1, 0.15) is 16.1 Å². The van der Waals surface area contributed by atoms with Gasteiger partial charge in [0, 0.05) is 18.7 Å². The second-order valence-electron chi connectivity index (χ2n) is 4.81. The van der Waals surface area contributed by atoms with E-state index in [4.69, 9.17) is 9.15 Å². The number of benzene rings is 1. The molecular formula is C16H18FNO4. The number of carbonyl (C=O) groups is 1. The molecule has 0 fully saturated rings. The van der Waals surface area contributed by atoms with Crippen LogP contribution >= 0.6 is 0 Å². The zero-order valence-electron chi connectivity index (χ0n) is 12.5. The third-order valence-corrected chi connectivity index (χ3v) is 3.11. The van der Waals surface area contributed by atoms with Gasteiger partial charge in [-0.05, 0) is 37.4 Å². The van der Waals surface area contributed by atoms with Gasteiger partial charge < -0.3 is 13.9 Å². The summed E-state index contributed by atoms with van der Waals surface area (Å²) in [4.78, 5) is 13.5. The molecular weight excluding hydrogens is 289 g/mol. The minimum atomic E-state index is -0.490. The SMILES string of the molecule is COC(=O)c1occc1CN(C)CCOc1ccc(F)cc1. The summed E-state index contributed by atoms with van der Waals surface area (Å²) < 4.78 is 28.1. The normalized spacial score (nSPS) is 10.7. The van der Waals surface area contributed by atoms with E-state index in [-0.39, 0.29) is 11.6 Å². The van der Waals surface area contributed by atoms with Gasteiger partial charge in [0.25, 0.3) is 0 Å². The lowest BCUT2D eigenvalue weighted by molar-refractivity contribution is 0.0562. The van der Waals surface area contributed by atoms with Crippen LogP contribution in [0.15, 0.2) is 41.0 Å². The molecule has 5 nitrogen and oxygen atoms in total. The fourth-order valence-corrected chi connectivity index (χ4v) is 1.95. The van der Waals surface area contributed by atoms with Gasteiger partial charge in [0.15, 0.2) is 0 Å². The summed E-state index contributed by atoms with van der Waals surface area (Å²) in [5, 5.41) is 0. The van der Waals surface area contributed by atoms with Gasteiger partial charge in [-0.25, -0.2) is 9.18 Å². The predicted molar refractivity (Wildman–Crippen MR) is 78.3 cm³/mol. The lowest BCUT2D eigenvalue weighted by atomic mass is 10.2. The van der Waals surface area contributed by atoms with Crippen molar-refractivity contribution >= 4 is 5.97 Å². The molecule has 2 aromatic rings. The summed E-state index contributed by atoms with van der Waals surface area (Å²) in [7, 11) is 3.22. The van der Waals surface area contributed by atoms with Crippen molar-refractivity contribution in [3.63, 3.8) is 0 Å². The molecule has 0 saturated carbocycles. The van der Waals surface area contributed by atoms with Crippen molar-refractivity contribution in [1.82, 2.24) is 4.90 Å². The Hall–Kier alpha value is -2.34. The summed E-state index contributed by atoms with van der Waals surface area (Å²) in [6.45, 7) is 1.63. The average molecular weight is 307 g/mol. The highest BCUT2D eigenvalue weighted by atomic mass is 19.1. The van der Waals surface area contributed by atoms with Crippen molar-refractivity contribution in [1.29, 1.82) is 0 Å². The average Bonchev–Trinajstić information content (AvgIpc) is 2.96. The molecule has 1 aromatic heterocycles. The van der Waals surface area contributed by atoms with Crippen LogP contribution in [0.3, 0.4) is 0 Å². The van der Waals surface area contributed by atoms with Crippen molar-refractivity contribution in [2.24, 2.45) is 0 Å². The van der Waals surface area contributed by atoms with Crippen LogP contribution in [0, 0.1) is 5.82 Å². The van der Waals surface area contributed by atoms with Crippen LogP contribution in [-0.2, 0) is 11.3 Å². The number of hydrogen-bond donors (Lipinski definition) is 0. The highest BCUT2D eigenvalue weighted by molar-refractivity contribution is 5.87. The van der Waals surface area contributed by atoms with Gasteiger partial charge in [-0.15, -0.1) is 0 Å². The smallest absolute Gasteiger partial charge is 0.374 e. The summed E-state index contributed by atoms with van der Waals surface area (Å²) in [5.41, 5.74) is 0.760. The van der Waals surface area contributed by atoms with E-state index in [2.05, 4.69) is 4.74 Å². The Morgan fingerprint density at radius 3 is 2.68 bits per heavy atom. The van der Waals surface area contributed by atoms with E-state index in [0.29, 0.717) is 25.4 Å². The van der Waals surface area contributed by atoms with Crippen LogP contribution in [0.25, 0.3) is 0 Å². The zero-order valence-corrected chi connectivity index (χ0v) is 12.5. The van der Waals surface area contributed by atoms with E-state index >= 15 is 0 Å². The van der Waals surface area contributed by atoms with Crippen LogP contribution < -0.4 is 4.74 Å². The second kappa shape index (κ2) is 7.61. The van der Waals surface area contributed by atoms with Gasteiger partial charge in [0.05, 0.1) is 13.4 Å². The fraction of sp³-hybridized carbons (Fsp3) is 0.312. The molecule has 0 saturated heterocycles. The van der Waals surface area contributed by atoms with Gasteiger partial charge >= 0.3 is 5.97 Å². The molecule has 0 spiro atoms. The highest BCUT2D eigenvalue weighted by Crippen LogP contribution is 2.14. The molecule has 0 N–H and O–H groups in total. The van der Waals surface area contributed by atoms with Gasteiger partial charge in [-0.3, -0.25) is 4.90 Å². The fourth-order valence-electron chi connectivity index (χ4n) is 1.95. The molecule has 0 aliphatic carbocycles. The van der Waals surface area contributed by atoms with E-state index in [1.54, 1.807) is 18.2 Å². The van der Waals surface area contributed by atoms with E-state index < -0.39 is 5.97 Å². The first-order valence-corrected chi connectivity index (χ1v) is 6.81. The van der Waals surface area contributed by atoms with Gasteiger partial charge in [-0.1, -0.05) is 0 Å². The predicted octanol–water partition coefficient (Wildman–Crippen LogP) is 2.72. The standard InChI is InChI=1S/C16H18FNO4/c1-18(8-10-21-14-5-3-13(17)4-6-14)11-12-7-9-22-15(12)16(19)20-2/h3-7,9H,8,10-11H2,1-2H3. The van der Waals surface area contributed by atoms with Crippen molar-refractivity contribution in [2.75, 3.05) is 27.3 Å². The maximum atomic E-state index is 12.8. The largest absolute Gasteiger partial charge is 0.492 e. The molecule has 1 aromatic carbocycles. The van der Waals surface area contributed by atoms with Crippen molar-refractivity contribution in [3.05, 3.63) is 53.7 Å². The molecule has 2 rings (SSSR count). The topological polar surface area (TPSA) is 51.9 Å². The Bertz CT molecular complexity index is 609. The number of halogens is 1. The zero-order chi connectivity index (χ0) is 15.9. The van der Waals surface area contributed by atoms with E-state index in [9.17, 15) is 9.18 Å². The molecule has 0 aliphatic rings. The number of rotatable bonds is 7. The molecule has 22 heavy (non-hydrogen) atoms. The number of hydrogen-bond acceptors (Lipinski definition) is 5. The quantitative estimate of drug-likeness (QED) is 0.736. The third-order valence-electron chi connectivity index (χ3n) is 3.11. The molecule has 0 aliphatic heterocycles. The maximum Gasteiger partial charge on any atom is 0.374 e. The van der Waals surface area contributed by atoms with Crippen molar-refractivity contribution in [3.8, 4) is 5.75 Å². The molecule has 0 amide bonds. The molecule has 118 valence electrons. The first-order valence-electron chi connectivity index (χ1n) is 6.81. The number of methoxy groups -OCH3 is 1. The van der Waals surface area contributed by atoms with Crippen molar-refractivity contribution in [2.45, 2.75) is 6.54 Å². The number of carbonyl (C=O) groups excluding carboxylic acids is 1. The molecule has 0 unspecified atom stereocenters. The van der Waals surface area contributed by atoms with Crippen molar-refractivity contribution < 1.29 is 23.1 Å². The highest BCUT2D eigenvalue weighted by Gasteiger charge is 2.16. The van der Waals surface area contributed by atoms with Gasteiger partial charge in [-0.2, -0.15) is 0 Å². The molecule has 1 heterocycles. The van der Waals surface area contributed by atoms with E-state index in [1.807, 2.05) is 11.9 Å². The summed E-state index contributed by atoms with van der Waals surface area (Å²) in [6, 6.07) is 7.62. The first kappa shape index (κ1) is 16.0. The number of likely N-dealkylation sites (N-methyl/N-ethyl adjacent to an activating group) is 1. The first-order chi connectivity index (χ1) is 10.6. The Morgan fingerprint density at radius 1 is 1.27 bits per heavy atom. The maximum absolute atomic E-state index is 12.8. The minimum Gasteiger partial charge on any atom is -0.492 e. The number of furan rings is 1. The molecule has 0 bridgehead atoms. The van der Waals surface area contributed by atoms with E-state index in [1.165, 1.54) is 25.5 Å². The van der Waals surface area contributed by atoms with Crippen LogP contribution in [-0.4, -0.2) is 38.2 Å². The lowest BCUT2D eigenvalue weighted by Gasteiger charge is -2.16. The second-order valence-corrected chi connectivity index (χ2v) is 4.81. The minimum absolute atomic E-state index is 0.216. The van der Waals surface area contributed by atoms with Crippen LogP contribution in [0.2, 0.25) is 0 Å². The number of nitrogens with zero attached hydrogens (tertiary/aromatic N) is 1.